The van der Waals surface area contributed by atoms with Crippen LogP contribution in [0.15, 0.2) is 146 Å². The van der Waals surface area contributed by atoms with Crippen molar-refractivity contribution >= 4 is 28.1 Å². The molecular weight excluding hydrogens is 617 g/mol. The maximum atomic E-state index is 5.14. The molecule has 1 fully saturated rings. The van der Waals surface area contributed by atoms with E-state index in [1.165, 1.54) is 27.5 Å². The number of nitrogens with one attached hydrogen (secondary N) is 2. The fourth-order valence-electron chi connectivity index (χ4n) is 6.72. The lowest BCUT2D eigenvalue weighted by Crippen LogP contribution is -2.40. The van der Waals surface area contributed by atoms with Gasteiger partial charge in [0, 0.05) is 22.6 Å². The summed E-state index contributed by atoms with van der Waals surface area (Å²) in [5.74, 6) is 1.14. The molecule has 1 aromatic heterocycles. The van der Waals surface area contributed by atoms with Crippen molar-refractivity contribution in [2.24, 2.45) is 11.3 Å². The lowest BCUT2D eigenvalue weighted by molar-refractivity contribution is 0.330. The first kappa shape index (κ1) is 31.5. The third kappa shape index (κ3) is 6.62. The van der Waals surface area contributed by atoms with E-state index in [2.05, 4.69) is 153 Å². The van der Waals surface area contributed by atoms with Crippen molar-refractivity contribution in [2.75, 3.05) is 0 Å². The number of aromatic nitrogens is 2. The van der Waals surface area contributed by atoms with Crippen LogP contribution in [0, 0.1) is 11.3 Å². The van der Waals surface area contributed by atoms with E-state index in [1.807, 2.05) is 36.0 Å². The van der Waals surface area contributed by atoms with Crippen LogP contribution in [0.2, 0.25) is 0 Å². The Hall–Kier alpha value is -4.81. The van der Waals surface area contributed by atoms with E-state index in [0.29, 0.717) is 16.7 Å². The Kier molecular flexibility index (Phi) is 8.50. The second kappa shape index (κ2) is 13.2. The van der Waals surface area contributed by atoms with E-state index >= 15 is 0 Å². The first-order valence-corrected chi connectivity index (χ1v) is 18.0. The molecular formula is C44H40N4S. The van der Waals surface area contributed by atoms with Crippen molar-refractivity contribution in [1.82, 2.24) is 20.8 Å². The van der Waals surface area contributed by atoms with E-state index in [0.717, 1.165) is 45.9 Å². The predicted octanol–water partition coefficient (Wildman–Crippen LogP) is 10.8. The van der Waals surface area contributed by atoms with Crippen molar-refractivity contribution in [3.05, 3.63) is 151 Å². The summed E-state index contributed by atoms with van der Waals surface area (Å²) in [7, 11) is 0. The first-order valence-electron chi connectivity index (χ1n) is 17.1. The maximum absolute atomic E-state index is 5.14. The quantitative estimate of drug-likeness (QED) is 0.187. The fourth-order valence-corrected chi connectivity index (χ4v) is 8.09. The average Bonchev–Trinajstić information content (AvgIpc) is 3.67. The molecule has 3 unspecified atom stereocenters. The number of hydrazine groups is 1. The van der Waals surface area contributed by atoms with Gasteiger partial charge in [-0.25, -0.2) is 20.8 Å². The Morgan fingerprint density at radius 3 is 2.00 bits per heavy atom. The third-order valence-electron chi connectivity index (χ3n) is 9.43. The molecule has 1 saturated heterocycles. The first-order chi connectivity index (χ1) is 23.9. The average molecular weight is 657 g/mol. The Labute approximate surface area is 293 Å². The molecule has 8 rings (SSSR count). The molecule has 0 amide bonds. The van der Waals surface area contributed by atoms with Gasteiger partial charge in [-0.05, 0) is 63.1 Å². The van der Waals surface area contributed by atoms with Gasteiger partial charge >= 0.3 is 0 Å². The van der Waals surface area contributed by atoms with Crippen molar-refractivity contribution in [2.45, 2.75) is 37.9 Å². The van der Waals surface area contributed by atoms with Crippen LogP contribution in [0.1, 0.15) is 32.8 Å². The molecule has 49 heavy (non-hydrogen) atoms. The van der Waals surface area contributed by atoms with Gasteiger partial charge in [0.1, 0.15) is 0 Å². The monoisotopic (exact) mass is 656 g/mol. The van der Waals surface area contributed by atoms with Crippen LogP contribution >= 0.6 is 11.8 Å². The number of hydrogen-bond donors (Lipinski definition) is 2. The molecule has 0 spiro atoms. The van der Waals surface area contributed by atoms with Crippen LogP contribution in [0.3, 0.4) is 0 Å². The minimum atomic E-state index is 0.194. The van der Waals surface area contributed by atoms with Crippen molar-refractivity contribution in [3.8, 4) is 45.0 Å². The van der Waals surface area contributed by atoms with Gasteiger partial charge in [0.2, 0.25) is 0 Å². The number of fused-ring (bicyclic) bond motifs is 1. The molecule has 0 saturated carbocycles. The number of benzene rings is 5. The summed E-state index contributed by atoms with van der Waals surface area (Å²) in [5, 5.41) is 3.19. The minimum Gasteiger partial charge on any atom is -0.243 e. The molecule has 0 radical (unpaired) electrons. The molecule has 2 N–H and O–H groups in total. The number of allylic oxidation sites excluding steroid dienone is 3. The third-order valence-corrected chi connectivity index (χ3v) is 11.3. The van der Waals surface area contributed by atoms with Gasteiger partial charge in [-0.15, -0.1) is 11.8 Å². The van der Waals surface area contributed by atoms with Gasteiger partial charge in [-0.2, -0.15) is 0 Å². The van der Waals surface area contributed by atoms with Crippen LogP contribution in [0.4, 0.5) is 0 Å². The van der Waals surface area contributed by atoms with Crippen molar-refractivity contribution in [1.29, 1.82) is 0 Å². The Bertz CT molecular complexity index is 2130. The van der Waals surface area contributed by atoms with Crippen molar-refractivity contribution in [3.63, 3.8) is 0 Å². The Balaban J connectivity index is 1.16. The van der Waals surface area contributed by atoms with Gasteiger partial charge in [-0.3, -0.25) is 0 Å². The zero-order chi connectivity index (χ0) is 33.4. The van der Waals surface area contributed by atoms with E-state index < -0.39 is 0 Å². The number of rotatable bonds is 6. The summed E-state index contributed by atoms with van der Waals surface area (Å²) >= 11 is 2.01. The number of thioether (sulfide) groups is 1. The van der Waals surface area contributed by atoms with E-state index in [-0.39, 0.29) is 5.41 Å². The Morgan fingerprint density at radius 1 is 0.612 bits per heavy atom. The smallest absolute Gasteiger partial charge is 0.160 e. The lowest BCUT2D eigenvalue weighted by Gasteiger charge is -2.26. The molecule has 5 heteroatoms. The summed E-state index contributed by atoms with van der Waals surface area (Å²) in [6, 6.07) is 45.0. The predicted molar refractivity (Wildman–Crippen MR) is 207 cm³/mol. The molecule has 242 valence electrons. The van der Waals surface area contributed by atoms with Gasteiger partial charge in [0.15, 0.2) is 5.82 Å². The van der Waals surface area contributed by atoms with Crippen LogP contribution in [0.5, 0.6) is 0 Å². The largest absolute Gasteiger partial charge is 0.243 e. The normalized spacial score (nSPS) is 19.2. The highest BCUT2D eigenvalue weighted by atomic mass is 32.2. The Morgan fingerprint density at radius 2 is 1.27 bits per heavy atom. The van der Waals surface area contributed by atoms with Gasteiger partial charge in [0.25, 0.3) is 0 Å². The molecule has 6 aromatic rings. The van der Waals surface area contributed by atoms with Crippen molar-refractivity contribution < 1.29 is 0 Å². The lowest BCUT2D eigenvalue weighted by atomic mass is 9.90. The highest BCUT2D eigenvalue weighted by Crippen LogP contribution is 2.40. The zero-order valence-electron chi connectivity index (χ0n) is 28.1. The van der Waals surface area contributed by atoms with E-state index in [9.17, 15) is 0 Å². The summed E-state index contributed by atoms with van der Waals surface area (Å²) in [6.45, 7) is 6.88. The molecule has 5 aromatic carbocycles. The molecule has 1 aliphatic heterocycles. The standard InChI is InChI=1S/C44H40N4S/c1-44(2,3)43-48-47-42(49-43)35-18-12-17-32(25-35)33-23-21-29-22-24-34(27-36(29)26-33)37-19-10-11-20-38(37)40-28-39(30-13-6-4-7-14-30)45-41(46-40)31-15-8-5-9-16-31/h4-17,19-28,35,42-43,47-48H,18H2,1-3H3. The number of hydrogen-bond acceptors (Lipinski definition) is 5. The highest BCUT2D eigenvalue weighted by Gasteiger charge is 2.36. The van der Waals surface area contributed by atoms with Crippen LogP contribution in [-0.2, 0) is 0 Å². The molecule has 2 heterocycles. The zero-order valence-corrected chi connectivity index (χ0v) is 28.9. The van der Waals surface area contributed by atoms with Crippen LogP contribution in [-0.4, -0.2) is 20.7 Å². The molecule has 1 aliphatic carbocycles. The van der Waals surface area contributed by atoms with E-state index in [1.54, 1.807) is 0 Å². The summed E-state index contributed by atoms with van der Waals surface area (Å²) in [4.78, 5) is 10.2. The second-order valence-electron chi connectivity index (χ2n) is 14.0. The van der Waals surface area contributed by atoms with Gasteiger partial charge in [-0.1, -0.05) is 148 Å². The summed E-state index contributed by atoms with van der Waals surface area (Å²) in [5.41, 5.74) is 17.1. The van der Waals surface area contributed by atoms with E-state index in [4.69, 9.17) is 9.97 Å². The summed E-state index contributed by atoms with van der Waals surface area (Å²) in [6.07, 6.45) is 8.12. The molecule has 4 nitrogen and oxygen atoms in total. The molecule has 2 aliphatic rings. The van der Waals surface area contributed by atoms with Crippen LogP contribution < -0.4 is 10.9 Å². The SMILES string of the molecule is CC(C)(C)C1NNC(C2C=C(c3ccc4ccc(-c5ccccc5-c5cc(-c6ccccc6)nc(-c6ccccc6)n5)cc4c3)C=CC2)S1. The highest BCUT2D eigenvalue weighted by molar-refractivity contribution is 8.00. The van der Waals surface area contributed by atoms with Gasteiger partial charge < -0.3 is 0 Å². The van der Waals surface area contributed by atoms with Crippen LogP contribution in [0.25, 0.3) is 61.4 Å². The van der Waals surface area contributed by atoms with Gasteiger partial charge in [0.05, 0.1) is 22.1 Å². The fraction of sp³-hybridized carbons (Fsp3) is 0.182. The maximum Gasteiger partial charge on any atom is 0.160 e. The second-order valence-corrected chi connectivity index (χ2v) is 15.3. The summed E-state index contributed by atoms with van der Waals surface area (Å²) < 4.78 is 0. The minimum absolute atomic E-state index is 0.194. The topological polar surface area (TPSA) is 49.8 Å². The molecule has 0 bridgehead atoms. The molecule has 3 atom stereocenters. The number of nitrogens with zero attached hydrogens (tertiary/aromatic N) is 2.